The monoisotopic (exact) mass is 286 g/mol. The van der Waals surface area contributed by atoms with Crippen molar-refractivity contribution in [3.63, 3.8) is 0 Å². The first kappa shape index (κ1) is 12.7. The van der Waals surface area contributed by atoms with Gasteiger partial charge in [-0.1, -0.05) is 23.7 Å². The highest BCUT2D eigenvalue weighted by molar-refractivity contribution is 6.30. The van der Waals surface area contributed by atoms with Gasteiger partial charge in [0.2, 0.25) is 0 Å². The number of aryl methyl sites for hydroxylation is 1. The minimum atomic E-state index is -1.03. The second kappa shape index (κ2) is 4.65. The third-order valence-electron chi connectivity index (χ3n) is 3.13. The Morgan fingerprint density at radius 3 is 2.55 bits per heavy atom. The van der Waals surface area contributed by atoms with E-state index in [1.165, 1.54) is 6.20 Å². The average molecular weight is 287 g/mol. The van der Waals surface area contributed by atoms with E-state index in [9.17, 15) is 4.79 Å². The topological polar surface area (TPSA) is 54.6 Å². The smallest absolute Gasteiger partial charge is 0.356 e. The van der Waals surface area contributed by atoms with Crippen LogP contribution >= 0.6 is 11.6 Å². The molecule has 4 nitrogen and oxygen atoms in total. The summed E-state index contributed by atoms with van der Waals surface area (Å²) in [5, 5.41) is 9.69. The van der Waals surface area contributed by atoms with Crippen molar-refractivity contribution in [2.24, 2.45) is 0 Å². The fraction of sp³-hybridized carbons (Fsp3) is 0.0667. The molecule has 0 radical (unpaired) electrons. The summed E-state index contributed by atoms with van der Waals surface area (Å²) in [6.07, 6.45) is 3.38. The number of nitrogens with zero attached hydrogens (tertiary/aromatic N) is 2. The summed E-state index contributed by atoms with van der Waals surface area (Å²) < 4.78 is 1.74. The van der Waals surface area contributed by atoms with E-state index < -0.39 is 5.97 Å². The van der Waals surface area contributed by atoms with E-state index in [1.807, 2.05) is 43.5 Å². The first-order valence-electron chi connectivity index (χ1n) is 6.03. The van der Waals surface area contributed by atoms with Crippen LogP contribution in [0.25, 0.3) is 16.8 Å². The zero-order valence-electron chi connectivity index (χ0n) is 10.7. The van der Waals surface area contributed by atoms with Gasteiger partial charge in [0, 0.05) is 17.4 Å². The van der Waals surface area contributed by atoms with Crippen molar-refractivity contribution < 1.29 is 9.90 Å². The summed E-state index contributed by atoms with van der Waals surface area (Å²) in [6.45, 7) is 1.91. The maximum atomic E-state index is 11.0. The Labute approximate surface area is 120 Å². The van der Waals surface area contributed by atoms with Gasteiger partial charge in [-0.2, -0.15) is 0 Å². The summed E-state index contributed by atoms with van der Waals surface area (Å²) in [6, 6.07) is 9.49. The Hall–Kier alpha value is -2.33. The molecule has 5 heteroatoms. The lowest BCUT2D eigenvalue weighted by atomic mass is 10.1. The van der Waals surface area contributed by atoms with Crippen molar-refractivity contribution in [3.8, 4) is 11.1 Å². The highest BCUT2D eigenvalue weighted by Crippen LogP contribution is 2.24. The summed E-state index contributed by atoms with van der Waals surface area (Å²) >= 11 is 5.88. The Kier molecular flexibility index (Phi) is 2.95. The molecule has 2 aromatic heterocycles. The van der Waals surface area contributed by atoms with Crippen LogP contribution in [0.2, 0.25) is 5.02 Å². The van der Waals surface area contributed by atoms with Gasteiger partial charge >= 0.3 is 5.97 Å². The third kappa shape index (κ3) is 2.14. The van der Waals surface area contributed by atoms with Gasteiger partial charge in [0.1, 0.15) is 5.65 Å². The number of carboxylic acids is 1. The molecule has 20 heavy (non-hydrogen) atoms. The number of imidazole rings is 1. The zero-order chi connectivity index (χ0) is 14.3. The minimum Gasteiger partial charge on any atom is -0.476 e. The number of hydrogen-bond donors (Lipinski definition) is 1. The molecule has 0 saturated carbocycles. The standard InChI is InChI=1S/C15H11ClN2O2/c1-9-6-11(10-2-4-12(16)5-3-10)7-18-8-13(15(19)20)17-14(9)18/h2-8H,1H3,(H,19,20). The third-order valence-corrected chi connectivity index (χ3v) is 3.38. The van der Waals surface area contributed by atoms with Gasteiger partial charge in [0.15, 0.2) is 5.69 Å². The van der Waals surface area contributed by atoms with Gasteiger partial charge in [-0.15, -0.1) is 0 Å². The number of hydrogen-bond acceptors (Lipinski definition) is 2. The molecule has 0 saturated heterocycles. The van der Waals surface area contributed by atoms with E-state index >= 15 is 0 Å². The van der Waals surface area contributed by atoms with Gasteiger partial charge in [-0.05, 0) is 41.8 Å². The summed E-state index contributed by atoms with van der Waals surface area (Å²) in [5.74, 6) is -1.03. The quantitative estimate of drug-likeness (QED) is 0.782. The molecule has 0 fully saturated rings. The first-order chi connectivity index (χ1) is 9.54. The Balaban J connectivity index is 2.18. The van der Waals surface area contributed by atoms with E-state index in [0.717, 1.165) is 16.7 Å². The molecular formula is C15H11ClN2O2. The van der Waals surface area contributed by atoms with Gasteiger partial charge < -0.3 is 9.51 Å². The largest absolute Gasteiger partial charge is 0.476 e. The molecular weight excluding hydrogens is 276 g/mol. The zero-order valence-corrected chi connectivity index (χ0v) is 11.4. The van der Waals surface area contributed by atoms with Crippen LogP contribution in [0.3, 0.4) is 0 Å². The predicted octanol–water partition coefficient (Wildman–Crippen LogP) is 3.66. The molecule has 0 unspecified atom stereocenters. The van der Waals surface area contributed by atoms with Crippen molar-refractivity contribution in [1.29, 1.82) is 0 Å². The van der Waals surface area contributed by atoms with Crippen LogP contribution in [0.4, 0.5) is 0 Å². The van der Waals surface area contributed by atoms with E-state index in [4.69, 9.17) is 16.7 Å². The predicted molar refractivity (Wildman–Crippen MR) is 77.3 cm³/mol. The molecule has 0 bridgehead atoms. The van der Waals surface area contributed by atoms with Crippen molar-refractivity contribution >= 4 is 23.2 Å². The van der Waals surface area contributed by atoms with Crippen molar-refractivity contribution in [1.82, 2.24) is 9.38 Å². The van der Waals surface area contributed by atoms with Crippen LogP contribution in [0, 0.1) is 6.92 Å². The highest BCUT2D eigenvalue weighted by atomic mass is 35.5. The number of fused-ring (bicyclic) bond motifs is 1. The molecule has 1 aromatic carbocycles. The molecule has 1 N–H and O–H groups in total. The van der Waals surface area contributed by atoms with Gasteiger partial charge in [0.05, 0.1) is 0 Å². The average Bonchev–Trinajstić information content (AvgIpc) is 2.84. The second-order valence-corrected chi connectivity index (χ2v) is 5.02. The van der Waals surface area contributed by atoms with Crippen LogP contribution < -0.4 is 0 Å². The van der Waals surface area contributed by atoms with E-state index in [-0.39, 0.29) is 5.69 Å². The molecule has 3 aromatic rings. The van der Waals surface area contributed by atoms with Crippen molar-refractivity contribution in [3.05, 3.63) is 59.0 Å². The fourth-order valence-electron chi connectivity index (χ4n) is 2.17. The maximum absolute atomic E-state index is 11.0. The lowest BCUT2D eigenvalue weighted by Crippen LogP contribution is -1.95. The van der Waals surface area contributed by atoms with Gasteiger partial charge in [-0.3, -0.25) is 0 Å². The number of rotatable bonds is 2. The van der Waals surface area contributed by atoms with Crippen LogP contribution in [0.15, 0.2) is 42.7 Å². The number of aromatic nitrogens is 2. The minimum absolute atomic E-state index is 0.0429. The number of benzene rings is 1. The number of halogens is 1. The normalized spacial score (nSPS) is 10.9. The van der Waals surface area contributed by atoms with Crippen molar-refractivity contribution in [2.75, 3.05) is 0 Å². The first-order valence-corrected chi connectivity index (χ1v) is 6.41. The summed E-state index contributed by atoms with van der Waals surface area (Å²) in [7, 11) is 0. The molecule has 0 atom stereocenters. The molecule has 100 valence electrons. The van der Waals surface area contributed by atoms with Crippen LogP contribution in [-0.2, 0) is 0 Å². The molecule has 0 aliphatic heterocycles. The van der Waals surface area contributed by atoms with E-state index in [0.29, 0.717) is 10.7 Å². The Morgan fingerprint density at radius 2 is 1.90 bits per heavy atom. The van der Waals surface area contributed by atoms with Crippen LogP contribution in [0.1, 0.15) is 16.1 Å². The maximum Gasteiger partial charge on any atom is 0.356 e. The summed E-state index contributed by atoms with van der Waals surface area (Å²) in [4.78, 5) is 15.1. The molecule has 0 amide bonds. The number of carbonyl (C=O) groups is 1. The lowest BCUT2D eigenvalue weighted by Gasteiger charge is -2.05. The molecule has 3 rings (SSSR count). The summed E-state index contributed by atoms with van der Waals surface area (Å²) in [5.41, 5.74) is 3.62. The lowest BCUT2D eigenvalue weighted by molar-refractivity contribution is 0.0691. The number of carboxylic acid groups (broad SMARTS) is 1. The Morgan fingerprint density at radius 1 is 1.20 bits per heavy atom. The van der Waals surface area contributed by atoms with E-state index in [1.54, 1.807) is 4.40 Å². The van der Waals surface area contributed by atoms with Crippen LogP contribution in [0.5, 0.6) is 0 Å². The highest BCUT2D eigenvalue weighted by Gasteiger charge is 2.11. The Bertz CT molecular complexity index is 807. The molecule has 0 aliphatic rings. The van der Waals surface area contributed by atoms with Gasteiger partial charge in [-0.25, -0.2) is 9.78 Å². The van der Waals surface area contributed by atoms with Crippen LogP contribution in [-0.4, -0.2) is 20.5 Å². The molecule has 0 aliphatic carbocycles. The SMILES string of the molecule is Cc1cc(-c2ccc(Cl)cc2)cn2cc(C(=O)O)nc12. The van der Waals surface area contributed by atoms with Gasteiger partial charge in [0.25, 0.3) is 0 Å². The molecule has 2 heterocycles. The second-order valence-electron chi connectivity index (χ2n) is 4.58. The van der Waals surface area contributed by atoms with E-state index in [2.05, 4.69) is 4.98 Å². The molecule has 0 spiro atoms. The fourth-order valence-corrected chi connectivity index (χ4v) is 2.30. The van der Waals surface area contributed by atoms with Crippen molar-refractivity contribution in [2.45, 2.75) is 6.92 Å². The number of pyridine rings is 1. The number of aromatic carboxylic acids is 1.